The topological polar surface area (TPSA) is 48.1 Å². The molecule has 0 aromatic carbocycles. The van der Waals surface area contributed by atoms with Gasteiger partial charge in [0.1, 0.15) is 0 Å². The van der Waals surface area contributed by atoms with E-state index in [0.29, 0.717) is 0 Å². The molecule has 2 unspecified atom stereocenters. The molecule has 0 saturated carbocycles. The fraction of sp³-hybridized carbons (Fsp3) is 0.583. The molecule has 1 fully saturated rings. The van der Waals surface area contributed by atoms with Gasteiger partial charge in [0.05, 0.1) is 6.10 Å². The molecule has 1 aromatic heterocycles. The minimum atomic E-state index is 0.0858. The molecular formula is C12H18N2O. The molecule has 1 aliphatic heterocycles. The number of aromatic nitrogens is 1. The number of hydrogen-bond acceptors (Lipinski definition) is 3. The molecule has 0 spiro atoms. The highest BCUT2D eigenvalue weighted by atomic mass is 16.5. The zero-order chi connectivity index (χ0) is 10.7. The van der Waals surface area contributed by atoms with Crippen LogP contribution in [-0.4, -0.2) is 23.7 Å². The second kappa shape index (κ2) is 4.73. The standard InChI is InChI=1S/C12H18N2O/c1-9-4-5-10(14-8-9)7-11(13)12-3-2-6-15-12/h4-5,8,11-12H,2-3,6-7,13H2,1H3. The summed E-state index contributed by atoms with van der Waals surface area (Å²) in [6, 6.07) is 4.21. The SMILES string of the molecule is Cc1ccc(CC(N)C2CCCO2)nc1. The van der Waals surface area contributed by atoms with E-state index in [-0.39, 0.29) is 12.1 Å². The number of nitrogens with two attached hydrogens (primary N) is 1. The summed E-state index contributed by atoms with van der Waals surface area (Å²) in [5.74, 6) is 0. The molecule has 15 heavy (non-hydrogen) atoms. The summed E-state index contributed by atoms with van der Waals surface area (Å²) in [6.45, 7) is 2.90. The van der Waals surface area contributed by atoms with Crippen LogP contribution in [-0.2, 0) is 11.2 Å². The van der Waals surface area contributed by atoms with Crippen molar-refractivity contribution < 1.29 is 4.74 Å². The van der Waals surface area contributed by atoms with Gasteiger partial charge in [-0.25, -0.2) is 0 Å². The van der Waals surface area contributed by atoms with E-state index in [9.17, 15) is 0 Å². The van der Waals surface area contributed by atoms with Crippen LogP contribution < -0.4 is 5.73 Å². The minimum Gasteiger partial charge on any atom is -0.377 e. The molecule has 1 aromatic rings. The molecule has 0 amide bonds. The summed E-state index contributed by atoms with van der Waals surface area (Å²) in [5.41, 5.74) is 8.33. The summed E-state index contributed by atoms with van der Waals surface area (Å²) in [5, 5.41) is 0. The van der Waals surface area contributed by atoms with Crippen molar-refractivity contribution in [2.45, 2.75) is 38.3 Å². The van der Waals surface area contributed by atoms with Gasteiger partial charge in [0, 0.05) is 31.0 Å². The van der Waals surface area contributed by atoms with Crippen molar-refractivity contribution in [3.63, 3.8) is 0 Å². The van der Waals surface area contributed by atoms with E-state index >= 15 is 0 Å². The molecule has 2 rings (SSSR count). The average molecular weight is 206 g/mol. The van der Waals surface area contributed by atoms with Crippen LogP contribution >= 0.6 is 0 Å². The number of rotatable bonds is 3. The van der Waals surface area contributed by atoms with Gasteiger partial charge in [-0.15, -0.1) is 0 Å². The quantitative estimate of drug-likeness (QED) is 0.814. The van der Waals surface area contributed by atoms with E-state index in [4.69, 9.17) is 10.5 Å². The van der Waals surface area contributed by atoms with Gasteiger partial charge in [-0.3, -0.25) is 4.98 Å². The number of hydrogen-bond donors (Lipinski definition) is 1. The Morgan fingerprint density at radius 1 is 1.60 bits per heavy atom. The van der Waals surface area contributed by atoms with Crippen molar-refractivity contribution in [2.24, 2.45) is 5.73 Å². The van der Waals surface area contributed by atoms with Gasteiger partial charge in [-0.2, -0.15) is 0 Å². The Morgan fingerprint density at radius 2 is 2.47 bits per heavy atom. The highest BCUT2D eigenvalue weighted by Gasteiger charge is 2.23. The zero-order valence-corrected chi connectivity index (χ0v) is 9.15. The Bertz CT molecular complexity index is 304. The normalized spacial score (nSPS) is 22.9. The van der Waals surface area contributed by atoms with E-state index in [1.807, 2.05) is 19.2 Å². The lowest BCUT2D eigenvalue weighted by molar-refractivity contribution is 0.0897. The molecule has 3 nitrogen and oxygen atoms in total. The molecule has 0 aliphatic carbocycles. The van der Waals surface area contributed by atoms with Crippen LogP contribution in [0.4, 0.5) is 0 Å². The minimum absolute atomic E-state index is 0.0858. The first-order valence-electron chi connectivity index (χ1n) is 5.54. The van der Waals surface area contributed by atoms with Gasteiger partial charge in [-0.05, 0) is 31.4 Å². The highest BCUT2D eigenvalue weighted by Crippen LogP contribution is 2.16. The maximum atomic E-state index is 6.08. The smallest absolute Gasteiger partial charge is 0.0730 e. The largest absolute Gasteiger partial charge is 0.377 e. The van der Waals surface area contributed by atoms with E-state index < -0.39 is 0 Å². The van der Waals surface area contributed by atoms with E-state index in [2.05, 4.69) is 11.1 Å². The van der Waals surface area contributed by atoms with Crippen molar-refractivity contribution in [1.29, 1.82) is 0 Å². The van der Waals surface area contributed by atoms with Crippen LogP contribution in [0.5, 0.6) is 0 Å². The molecular weight excluding hydrogens is 188 g/mol. The Kier molecular flexibility index (Phi) is 3.34. The molecule has 0 bridgehead atoms. The lowest BCUT2D eigenvalue weighted by Crippen LogP contribution is -2.36. The summed E-state index contributed by atoms with van der Waals surface area (Å²) in [6.07, 6.45) is 5.16. The Labute approximate surface area is 90.7 Å². The van der Waals surface area contributed by atoms with Crippen LogP contribution in [0, 0.1) is 6.92 Å². The Hall–Kier alpha value is -0.930. The molecule has 2 heterocycles. The predicted molar refractivity (Wildman–Crippen MR) is 59.6 cm³/mol. The molecule has 3 heteroatoms. The van der Waals surface area contributed by atoms with Gasteiger partial charge < -0.3 is 10.5 Å². The van der Waals surface area contributed by atoms with Crippen molar-refractivity contribution in [3.8, 4) is 0 Å². The Morgan fingerprint density at radius 3 is 3.07 bits per heavy atom. The second-order valence-electron chi connectivity index (χ2n) is 4.25. The lowest BCUT2D eigenvalue weighted by Gasteiger charge is -2.17. The first-order chi connectivity index (χ1) is 7.25. The number of aryl methyl sites for hydroxylation is 1. The zero-order valence-electron chi connectivity index (χ0n) is 9.15. The average Bonchev–Trinajstić information content (AvgIpc) is 2.74. The third-order valence-corrected chi connectivity index (χ3v) is 2.86. The molecule has 2 N–H and O–H groups in total. The van der Waals surface area contributed by atoms with Crippen molar-refractivity contribution >= 4 is 0 Å². The van der Waals surface area contributed by atoms with Gasteiger partial charge in [0.25, 0.3) is 0 Å². The van der Waals surface area contributed by atoms with Crippen LogP contribution in [0.1, 0.15) is 24.1 Å². The van der Waals surface area contributed by atoms with Crippen molar-refractivity contribution in [3.05, 3.63) is 29.6 Å². The summed E-state index contributed by atoms with van der Waals surface area (Å²) in [7, 11) is 0. The molecule has 2 atom stereocenters. The van der Waals surface area contributed by atoms with Crippen LogP contribution in [0.3, 0.4) is 0 Å². The van der Waals surface area contributed by atoms with Gasteiger partial charge in [0.2, 0.25) is 0 Å². The first-order valence-corrected chi connectivity index (χ1v) is 5.54. The lowest BCUT2D eigenvalue weighted by atomic mass is 10.0. The van der Waals surface area contributed by atoms with Crippen LogP contribution in [0.2, 0.25) is 0 Å². The number of pyridine rings is 1. The van der Waals surface area contributed by atoms with Gasteiger partial charge in [0.15, 0.2) is 0 Å². The Balaban J connectivity index is 1.92. The molecule has 82 valence electrons. The monoisotopic (exact) mass is 206 g/mol. The maximum absolute atomic E-state index is 6.08. The second-order valence-corrected chi connectivity index (χ2v) is 4.25. The molecule has 1 saturated heterocycles. The fourth-order valence-corrected chi connectivity index (χ4v) is 1.93. The third-order valence-electron chi connectivity index (χ3n) is 2.86. The predicted octanol–water partition coefficient (Wildman–Crippen LogP) is 1.44. The molecule has 0 radical (unpaired) electrons. The van der Waals surface area contributed by atoms with Crippen molar-refractivity contribution in [1.82, 2.24) is 4.98 Å². The number of ether oxygens (including phenoxy) is 1. The molecule has 1 aliphatic rings. The van der Waals surface area contributed by atoms with E-state index in [1.165, 1.54) is 5.56 Å². The first kappa shape index (κ1) is 10.6. The van der Waals surface area contributed by atoms with E-state index in [0.717, 1.165) is 31.6 Å². The van der Waals surface area contributed by atoms with Crippen LogP contribution in [0.15, 0.2) is 18.3 Å². The summed E-state index contributed by atoms with van der Waals surface area (Å²) < 4.78 is 5.56. The third kappa shape index (κ3) is 2.76. The van der Waals surface area contributed by atoms with Crippen molar-refractivity contribution in [2.75, 3.05) is 6.61 Å². The van der Waals surface area contributed by atoms with Gasteiger partial charge >= 0.3 is 0 Å². The highest BCUT2D eigenvalue weighted by molar-refractivity contribution is 5.13. The fourth-order valence-electron chi connectivity index (χ4n) is 1.93. The maximum Gasteiger partial charge on any atom is 0.0730 e. The summed E-state index contributed by atoms with van der Waals surface area (Å²) in [4.78, 5) is 4.35. The van der Waals surface area contributed by atoms with Gasteiger partial charge in [-0.1, -0.05) is 6.07 Å². The summed E-state index contributed by atoms with van der Waals surface area (Å²) >= 11 is 0. The number of nitrogens with zero attached hydrogens (tertiary/aromatic N) is 1. The van der Waals surface area contributed by atoms with Crippen LogP contribution in [0.25, 0.3) is 0 Å². The van der Waals surface area contributed by atoms with E-state index in [1.54, 1.807) is 0 Å².